The molecule has 4 nitrogen and oxygen atoms in total. The normalized spacial score (nSPS) is 11.2. The molecule has 0 saturated carbocycles. The van der Waals surface area contributed by atoms with Crippen LogP contribution >= 0.6 is 0 Å². The number of aromatic nitrogens is 1. The molecule has 0 amide bonds. The van der Waals surface area contributed by atoms with Crippen LogP contribution < -0.4 is 5.43 Å². The van der Waals surface area contributed by atoms with Gasteiger partial charge in [0.05, 0.1) is 0 Å². The molecule has 0 atom stereocenters. The van der Waals surface area contributed by atoms with Crippen LogP contribution in [0.15, 0.2) is 35.3 Å². The lowest BCUT2D eigenvalue weighted by Crippen LogP contribution is -2.07. The summed E-state index contributed by atoms with van der Waals surface area (Å²) in [5.74, 6) is -1.07. The number of fused-ring (bicyclic) bond motifs is 1. The Morgan fingerprint density at radius 1 is 1.40 bits per heavy atom. The Bertz CT molecular complexity index is 713. The molecule has 0 radical (unpaired) electrons. The van der Waals surface area contributed by atoms with Crippen molar-refractivity contribution < 1.29 is 9.90 Å². The molecule has 0 unspecified atom stereocenters. The molecule has 1 aromatic carbocycles. The number of carboxylic acid groups (broad SMARTS) is 1. The maximum absolute atomic E-state index is 12.3. The lowest BCUT2D eigenvalue weighted by molar-refractivity contribution is -0.131. The van der Waals surface area contributed by atoms with Crippen LogP contribution in [-0.4, -0.2) is 16.1 Å². The van der Waals surface area contributed by atoms with Crippen molar-refractivity contribution in [2.45, 2.75) is 26.2 Å². The highest BCUT2D eigenvalue weighted by Crippen LogP contribution is 2.13. The number of carboxylic acids is 1. The van der Waals surface area contributed by atoms with Gasteiger partial charge in [0.25, 0.3) is 0 Å². The number of unbranched alkanes of at least 4 members (excludes halogenated alkanes) is 1. The quantitative estimate of drug-likeness (QED) is 0.821. The van der Waals surface area contributed by atoms with E-state index in [2.05, 4.69) is 11.9 Å². The van der Waals surface area contributed by atoms with Crippen LogP contribution in [0.3, 0.4) is 0 Å². The Morgan fingerprint density at radius 2 is 2.20 bits per heavy atom. The number of aryl methyl sites for hydroxylation is 1. The second-order valence-electron chi connectivity index (χ2n) is 4.73. The zero-order valence-electron chi connectivity index (χ0n) is 11.3. The Balaban J connectivity index is 2.47. The summed E-state index contributed by atoms with van der Waals surface area (Å²) in [6, 6.07) is 5.80. The monoisotopic (exact) mass is 271 g/mol. The third-order valence-corrected chi connectivity index (χ3v) is 3.20. The van der Waals surface area contributed by atoms with Gasteiger partial charge in [-0.3, -0.25) is 4.79 Å². The minimum absolute atomic E-state index is 0.144. The average molecular weight is 271 g/mol. The molecule has 0 spiro atoms. The zero-order chi connectivity index (χ0) is 14.5. The number of nitrogens with one attached hydrogen (secondary N) is 1. The zero-order valence-corrected chi connectivity index (χ0v) is 11.3. The fourth-order valence-corrected chi connectivity index (χ4v) is 2.10. The molecule has 0 bridgehead atoms. The Morgan fingerprint density at radius 3 is 2.90 bits per heavy atom. The van der Waals surface area contributed by atoms with Crippen molar-refractivity contribution in [2.75, 3.05) is 0 Å². The van der Waals surface area contributed by atoms with Gasteiger partial charge in [-0.2, -0.15) is 0 Å². The van der Waals surface area contributed by atoms with Gasteiger partial charge in [-0.15, -0.1) is 0 Å². The van der Waals surface area contributed by atoms with Crippen molar-refractivity contribution in [2.24, 2.45) is 0 Å². The smallest absolute Gasteiger partial charge is 0.328 e. The number of carbonyl (C=O) groups is 1. The van der Waals surface area contributed by atoms with Gasteiger partial charge in [0.2, 0.25) is 0 Å². The van der Waals surface area contributed by atoms with E-state index in [-0.39, 0.29) is 5.43 Å². The standard InChI is InChI=1S/C16H17NO3/c1-2-3-4-11-5-7-14-13(9-11)16(20)12(10-17-14)6-8-15(18)19/h5-10H,2-4H2,1H3,(H,17,20)(H,18,19). The summed E-state index contributed by atoms with van der Waals surface area (Å²) in [5, 5.41) is 9.22. The van der Waals surface area contributed by atoms with Crippen LogP contribution in [0.25, 0.3) is 17.0 Å². The Hall–Kier alpha value is -2.36. The molecule has 0 aliphatic heterocycles. The van der Waals surface area contributed by atoms with Gasteiger partial charge in [0.1, 0.15) is 0 Å². The van der Waals surface area contributed by atoms with E-state index in [0.29, 0.717) is 10.9 Å². The summed E-state index contributed by atoms with van der Waals surface area (Å²) < 4.78 is 0. The molecule has 1 aromatic heterocycles. The highest BCUT2D eigenvalue weighted by molar-refractivity contribution is 5.87. The third-order valence-electron chi connectivity index (χ3n) is 3.20. The van der Waals surface area contributed by atoms with Crippen LogP contribution in [-0.2, 0) is 11.2 Å². The summed E-state index contributed by atoms with van der Waals surface area (Å²) >= 11 is 0. The molecule has 0 aliphatic carbocycles. The summed E-state index contributed by atoms with van der Waals surface area (Å²) in [7, 11) is 0. The number of pyridine rings is 1. The first-order chi connectivity index (χ1) is 9.61. The molecular weight excluding hydrogens is 254 g/mol. The number of aliphatic carboxylic acids is 1. The summed E-state index contributed by atoms with van der Waals surface area (Å²) in [5.41, 5.74) is 2.11. The maximum Gasteiger partial charge on any atom is 0.328 e. The van der Waals surface area contributed by atoms with Crippen LogP contribution in [0, 0.1) is 0 Å². The minimum atomic E-state index is -1.07. The molecule has 0 fully saturated rings. The second kappa shape index (κ2) is 6.19. The lowest BCUT2D eigenvalue weighted by Gasteiger charge is -2.04. The van der Waals surface area contributed by atoms with Crippen molar-refractivity contribution in [3.8, 4) is 0 Å². The van der Waals surface area contributed by atoms with Crippen molar-refractivity contribution in [1.82, 2.24) is 4.98 Å². The number of rotatable bonds is 5. The van der Waals surface area contributed by atoms with E-state index in [0.717, 1.165) is 36.4 Å². The van der Waals surface area contributed by atoms with E-state index in [1.54, 1.807) is 0 Å². The molecule has 0 aliphatic rings. The van der Waals surface area contributed by atoms with Crippen molar-refractivity contribution in [3.63, 3.8) is 0 Å². The molecule has 2 aromatic rings. The van der Waals surface area contributed by atoms with E-state index in [1.807, 2.05) is 18.2 Å². The molecule has 2 N–H and O–H groups in total. The van der Waals surface area contributed by atoms with Crippen molar-refractivity contribution in [3.05, 3.63) is 51.8 Å². The molecule has 0 saturated heterocycles. The number of aromatic amines is 1. The molecule has 20 heavy (non-hydrogen) atoms. The first kappa shape index (κ1) is 14.1. The number of hydrogen-bond acceptors (Lipinski definition) is 2. The molecule has 4 heteroatoms. The maximum atomic E-state index is 12.3. The van der Waals surface area contributed by atoms with Gasteiger partial charge >= 0.3 is 5.97 Å². The Kier molecular flexibility index (Phi) is 4.35. The van der Waals surface area contributed by atoms with E-state index < -0.39 is 5.97 Å². The van der Waals surface area contributed by atoms with Crippen molar-refractivity contribution in [1.29, 1.82) is 0 Å². The number of H-pyrrole nitrogens is 1. The third kappa shape index (κ3) is 3.15. The van der Waals surface area contributed by atoms with Crippen LogP contribution in [0.5, 0.6) is 0 Å². The molecule has 104 valence electrons. The van der Waals surface area contributed by atoms with Gasteiger partial charge in [-0.25, -0.2) is 4.79 Å². The van der Waals surface area contributed by atoms with E-state index in [1.165, 1.54) is 12.3 Å². The summed E-state index contributed by atoms with van der Waals surface area (Å²) in [6.07, 6.45) is 6.96. The van der Waals surface area contributed by atoms with E-state index in [9.17, 15) is 9.59 Å². The van der Waals surface area contributed by atoms with Gasteiger partial charge in [-0.05, 0) is 36.6 Å². The number of hydrogen-bond donors (Lipinski definition) is 2. The predicted molar refractivity (Wildman–Crippen MR) is 79.9 cm³/mol. The van der Waals surface area contributed by atoms with Crippen LogP contribution in [0.2, 0.25) is 0 Å². The molecular formula is C16H17NO3. The summed E-state index contributed by atoms with van der Waals surface area (Å²) in [6.45, 7) is 2.13. The summed E-state index contributed by atoms with van der Waals surface area (Å²) in [4.78, 5) is 25.8. The average Bonchev–Trinajstić information content (AvgIpc) is 2.44. The molecule has 2 rings (SSSR count). The van der Waals surface area contributed by atoms with Gasteiger partial charge in [0.15, 0.2) is 5.43 Å². The topological polar surface area (TPSA) is 70.2 Å². The second-order valence-corrected chi connectivity index (χ2v) is 4.73. The lowest BCUT2D eigenvalue weighted by atomic mass is 10.0. The van der Waals surface area contributed by atoms with Gasteiger partial charge < -0.3 is 10.1 Å². The van der Waals surface area contributed by atoms with Crippen molar-refractivity contribution >= 4 is 22.9 Å². The Labute approximate surface area is 116 Å². The SMILES string of the molecule is CCCCc1ccc2[nH]cc(C=CC(=O)O)c(=O)c2c1. The fraction of sp³-hybridized carbons (Fsp3) is 0.250. The van der Waals surface area contributed by atoms with Crippen LogP contribution in [0.1, 0.15) is 30.9 Å². The van der Waals surface area contributed by atoms with Crippen LogP contribution in [0.4, 0.5) is 0 Å². The van der Waals surface area contributed by atoms with E-state index in [4.69, 9.17) is 5.11 Å². The fourth-order valence-electron chi connectivity index (χ4n) is 2.10. The first-order valence-corrected chi connectivity index (χ1v) is 6.67. The minimum Gasteiger partial charge on any atom is -0.478 e. The van der Waals surface area contributed by atoms with Gasteiger partial charge in [0, 0.05) is 28.7 Å². The van der Waals surface area contributed by atoms with Gasteiger partial charge in [-0.1, -0.05) is 19.4 Å². The van der Waals surface area contributed by atoms with E-state index >= 15 is 0 Å². The largest absolute Gasteiger partial charge is 0.478 e. The number of benzene rings is 1. The molecule has 1 heterocycles. The highest BCUT2D eigenvalue weighted by atomic mass is 16.4. The highest BCUT2D eigenvalue weighted by Gasteiger charge is 2.04. The predicted octanol–water partition coefficient (Wildman–Crippen LogP) is 2.97. The first-order valence-electron chi connectivity index (χ1n) is 6.67.